The highest BCUT2D eigenvalue weighted by Crippen LogP contribution is 2.26. The van der Waals surface area contributed by atoms with E-state index in [2.05, 4.69) is 12.2 Å². The van der Waals surface area contributed by atoms with Crippen LogP contribution in [0.15, 0.2) is 0 Å². The number of aliphatic hydroxyl groups excluding tert-OH is 1. The number of nitrogens with one attached hydrogen (secondary N) is 1. The molecule has 3 nitrogen and oxygen atoms in total. The lowest BCUT2D eigenvalue weighted by atomic mass is 9.91. The molecule has 0 aromatic heterocycles. The van der Waals surface area contributed by atoms with Crippen LogP contribution in [-0.4, -0.2) is 41.3 Å². The average molecular weight is 232 g/mol. The fourth-order valence-electron chi connectivity index (χ4n) is 2.16. The molecule has 90 valence electrons. The van der Waals surface area contributed by atoms with Crippen molar-refractivity contribution in [1.29, 1.82) is 0 Å². The Morgan fingerprint density at radius 3 is 2.67 bits per heavy atom. The molecular formula is C11H24N2OS. The Morgan fingerprint density at radius 2 is 2.13 bits per heavy atom. The van der Waals surface area contributed by atoms with E-state index in [-0.39, 0.29) is 12.1 Å². The first kappa shape index (κ1) is 13.3. The topological polar surface area (TPSA) is 58.3 Å². The van der Waals surface area contributed by atoms with Crippen LogP contribution < -0.4 is 11.1 Å². The van der Waals surface area contributed by atoms with Crippen LogP contribution in [0.4, 0.5) is 0 Å². The Kier molecular flexibility index (Phi) is 5.97. The largest absolute Gasteiger partial charge is 0.396 e. The molecule has 1 rings (SSSR count). The minimum atomic E-state index is 0.167. The van der Waals surface area contributed by atoms with Crippen molar-refractivity contribution < 1.29 is 5.11 Å². The van der Waals surface area contributed by atoms with Gasteiger partial charge in [-0.3, -0.25) is 0 Å². The van der Waals surface area contributed by atoms with Crippen molar-refractivity contribution >= 4 is 11.8 Å². The van der Waals surface area contributed by atoms with E-state index < -0.39 is 0 Å². The fourth-order valence-corrected chi connectivity index (χ4v) is 3.44. The molecule has 1 fully saturated rings. The molecule has 1 atom stereocenters. The Morgan fingerprint density at radius 1 is 1.47 bits per heavy atom. The highest BCUT2D eigenvalue weighted by atomic mass is 32.2. The molecule has 0 saturated carbocycles. The van der Waals surface area contributed by atoms with Gasteiger partial charge in [-0.05, 0) is 44.1 Å². The van der Waals surface area contributed by atoms with Gasteiger partial charge in [0.25, 0.3) is 0 Å². The first-order valence-corrected chi connectivity index (χ1v) is 7.04. The van der Waals surface area contributed by atoms with Crippen LogP contribution in [0.3, 0.4) is 0 Å². The highest BCUT2D eigenvalue weighted by Gasteiger charge is 2.31. The molecule has 1 unspecified atom stereocenters. The molecule has 4 N–H and O–H groups in total. The van der Waals surface area contributed by atoms with Crippen molar-refractivity contribution in [3.05, 3.63) is 0 Å². The van der Waals surface area contributed by atoms with E-state index in [1.807, 2.05) is 11.8 Å². The van der Waals surface area contributed by atoms with E-state index in [1.54, 1.807) is 0 Å². The summed E-state index contributed by atoms with van der Waals surface area (Å²) in [7, 11) is 0. The van der Waals surface area contributed by atoms with E-state index in [0.717, 1.165) is 19.4 Å². The highest BCUT2D eigenvalue weighted by molar-refractivity contribution is 7.99. The molecule has 4 heteroatoms. The Bertz CT molecular complexity index is 172. The third kappa shape index (κ3) is 4.31. The molecule has 0 spiro atoms. The van der Waals surface area contributed by atoms with Crippen molar-refractivity contribution in [3.63, 3.8) is 0 Å². The van der Waals surface area contributed by atoms with E-state index in [4.69, 9.17) is 10.8 Å². The molecule has 0 amide bonds. The summed E-state index contributed by atoms with van der Waals surface area (Å²) in [5.74, 6) is 2.44. The lowest BCUT2D eigenvalue weighted by molar-refractivity contribution is 0.244. The molecule has 1 aliphatic heterocycles. The quantitative estimate of drug-likeness (QED) is 0.638. The van der Waals surface area contributed by atoms with Gasteiger partial charge in [-0.2, -0.15) is 11.8 Å². The maximum Gasteiger partial charge on any atom is 0.0431 e. The SMILES string of the molecule is CC(CCCO)NC1(CN)CCSCC1. The summed E-state index contributed by atoms with van der Waals surface area (Å²) in [5.41, 5.74) is 6.06. The first-order valence-electron chi connectivity index (χ1n) is 5.89. The van der Waals surface area contributed by atoms with Crippen molar-refractivity contribution in [2.75, 3.05) is 24.7 Å². The average Bonchev–Trinajstić information content (AvgIpc) is 2.27. The van der Waals surface area contributed by atoms with E-state index in [1.165, 1.54) is 24.3 Å². The van der Waals surface area contributed by atoms with Crippen LogP contribution in [0.5, 0.6) is 0 Å². The maximum atomic E-state index is 8.79. The second-order valence-corrected chi connectivity index (χ2v) is 5.73. The summed E-state index contributed by atoms with van der Waals surface area (Å²) in [6, 6.07) is 0.462. The number of aliphatic hydroxyl groups is 1. The Hall–Kier alpha value is 0.230. The fraction of sp³-hybridized carbons (Fsp3) is 1.00. The summed E-state index contributed by atoms with van der Waals surface area (Å²) in [4.78, 5) is 0. The molecule has 0 bridgehead atoms. The summed E-state index contributed by atoms with van der Waals surface area (Å²) < 4.78 is 0. The number of thioether (sulfide) groups is 1. The lowest BCUT2D eigenvalue weighted by Crippen LogP contribution is -2.56. The molecule has 1 heterocycles. The number of nitrogens with two attached hydrogens (primary N) is 1. The van der Waals surface area contributed by atoms with Gasteiger partial charge in [-0.1, -0.05) is 0 Å². The van der Waals surface area contributed by atoms with Crippen LogP contribution in [0.25, 0.3) is 0 Å². The summed E-state index contributed by atoms with van der Waals surface area (Å²) in [5, 5.41) is 12.5. The van der Waals surface area contributed by atoms with Gasteiger partial charge in [-0.25, -0.2) is 0 Å². The molecule has 0 radical (unpaired) electrons. The van der Waals surface area contributed by atoms with Gasteiger partial charge in [-0.15, -0.1) is 0 Å². The summed E-state index contributed by atoms with van der Waals surface area (Å²) in [6.45, 7) is 3.21. The van der Waals surface area contributed by atoms with Gasteiger partial charge in [0.15, 0.2) is 0 Å². The summed E-state index contributed by atoms with van der Waals surface area (Å²) in [6.07, 6.45) is 4.27. The number of hydrogen-bond acceptors (Lipinski definition) is 4. The molecule has 15 heavy (non-hydrogen) atoms. The molecule has 0 aromatic carbocycles. The summed E-state index contributed by atoms with van der Waals surface area (Å²) >= 11 is 2.02. The van der Waals surface area contributed by atoms with E-state index in [0.29, 0.717) is 6.04 Å². The second-order valence-electron chi connectivity index (χ2n) is 4.51. The molecule has 1 saturated heterocycles. The van der Waals surface area contributed by atoms with E-state index in [9.17, 15) is 0 Å². The standard InChI is InChI=1S/C11H24N2OS/c1-10(3-2-6-14)13-11(9-12)4-7-15-8-5-11/h10,13-14H,2-9,12H2,1H3. The van der Waals surface area contributed by atoms with Crippen molar-refractivity contribution in [2.24, 2.45) is 5.73 Å². The minimum Gasteiger partial charge on any atom is -0.396 e. The zero-order chi connectivity index (χ0) is 11.1. The predicted molar refractivity (Wildman–Crippen MR) is 67.3 cm³/mol. The number of hydrogen-bond donors (Lipinski definition) is 3. The minimum absolute atomic E-state index is 0.167. The number of rotatable bonds is 6. The van der Waals surface area contributed by atoms with Crippen LogP contribution in [0.1, 0.15) is 32.6 Å². The van der Waals surface area contributed by atoms with Gasteiger partial charge in [0.1, 0.15) is 0 Å². The van der Waals surface area contributed by atoms with Crippen molar-refractivity contribution in [2.45, 2.75) is 44.2 Å². The normalized spacial score (nSPS) is 22.6. The van der Waals surface area contributed by atoms with Crippen LogP contribution >= 0.6 is 11.8 Å². The van der Waals surface area contributed by atoms with Gasteiger partial charge in [0.2, 0.25) is 0 Å². The van der Waals surface area contributed by atoms with Crippen LogP contribution in [0.2, 0.25) is 0 Å². The van der Waals surface area contributed by atoms with Crippen molar-refractivity contribution in [1.82, 2.24) is 5.32 Å². The smallest absolute Gasteiger partial charge is 0.0431 e. The van der Waals surface area contributed by atoms with Gasteiger partial charge in [0.05, 0.1) is 0 Å². The lowest BCUT2D eigenvalue weighted by Gasteiger charge is -2.39. The third-order valence-corrected chi connectivity index (χ3v) is 4.17. The Balaban J connectivity index is 2.37. The molecule has 1 aliphatic rings. The molecule has 0 aliphatic carbocycles. The zero-order valence-electron chi connectivity index (χ0n) is 9.67. The molecular weight excluding hydrogens is 208 g/mol. The Labute approximate surface area is 97.2 Å². The first-order chi connectivity index (χ1) is 7.22. The monoisotopic (exact) mass is 232 g/mol. The molecule has 0 aromatic rings. The van der Waals surface area contributed by atoms with Gasteiger partial charge < -0.3 is 16.2 Å². The van der Waals surface area contributed by atoms with Crippen LogP contribution in [-0.2, 0) is 0 Å². The third-order valence-electron chi connectivity index (χ3n) is 3.19. The second kappa shape index (κ2) is 6.74. The zero-order valence-corrected chi connectivity index (χ0v) is 10.5. The predicted octanol–water partition coefficient (Wildman–Crippen LogP) is 0.961. The van der Waals surface area contributed by atoms with Gasteiger partial charge >= 0.3 is 0 Å². The van der Waals surface area contributed by atoms with Crippen LogP contribution in [0, 0.1) is 0 Å². The maximum absolute atomic E-state index is 8.79. The van der Waals surface area contributed by atoms with E-state index >= 15 is 0 Å². The van der Waals surface area contributed by atoms with Gasteiger partial charge in [0, 0.05) is 24.7 Å². The van der Waals surface area contributed by atoms with Crippen molar-refractivity contribution in [3.8, 4) is 0 Å².